The number of esters is 1. The summed E-state index contributed by atoms with van der Waals surface area (Å²) in [5.74, 6) is -1.72. The number of carbonyl (C=O) groups excluding carboxylic acids is 1. The lowest BCUT2D eigenvalue weighted by Crippen LogP contribution is -2.31. The highest BCUT2D eigenvalue weighted by atomic mass is 35.5. The monoisotopic (exact) mass is 303 g/mol. The molecule has 108 valence electrons. The van der Waals surface area contributed by atoms with Crippen molar-refractivity contribution in [1.82, 2.24) is 0 Å². The summed E-state index contributed by atoms with van der Waals surface area (Å²) in [6, 6.07) is 1.66. The van der Waals surface area contributed by atoms with Crippen LogP contribution >= 0.6 is 11.6 Å². The fourth-order valence-electron chi connectivity index (χ4n) is 1.67. The largest absolute Gasteiger partial charge is 0.474 e. The molecule has 1 aromatic carbocycles. The number of nitrogens with zero attached hydrogens (tertiary/aromatic N) is 1. The number of nitro benzene ring substituents is 1. The molecule has 1 fully saturated rings. The summed E-state index contributed by atoms with van der Waals surface area (Å²) in [6.45, 7) is 1.85. The van der Waals surface area contributed by atoms with Crippen molar-refractivity contribution in [2.24, 2.45) is 0 Å². The second-order valence-corrected chi connectivity index (χ2v) is 4.72. The number of benzene rings is 1. The second-order valence-electron chi connectivity index (χ2n) is 4.31. The molecular formula is C12H11ClFNO5. The molecule has 0 aromatic heterocycles. The summed E-state index contributed by atoms with van der Waals surface area (Å²) in [7, 11) is 0. The Morgan fingerprint density at radius 1 is 1.55 bits per heavy atom. The first-order chi connectivity index (χ1) is 9.39. The van der Waals surface area contributed by atoms with E-state index in [1.807, 2.05) is 0 Å². The van der Waals surface area contributed by atoms with E-state index < -0.39 is 28.0 Å². The Morgan fingerprint density at radius 3 is 2.70 bits per heavy atom. The van der Waals surface area contributed by atoms with Crippen LogP contribution in [0.5, 0.6) is 5.75 Å². The molecule has 0 atom stereocenters. The van der Waals surface area contributed by atoms with Crippen molar-refractivity contribution >= 4 is 23.3 Å². The molecule has 0 amide bonds. The highest BCUT2D eigenvalue weighted by Crippen LogP contribution is 2.44. The Morgan fingerprint density at radius 2 is 2.20 bits per heavy atom. The molecule has 0 saturated heterocycles. The van der Waals surface area contributed by atoms with Crippen molar-refractivity contribution in [2.75, 3.05) is 6.61 Å². The fourth-order valence-corrected chi connectivity index (χ4v) is 1.86. The minimum absolute atomic E-state index is 0.106. The lowest BCUT2D eigenvalue weighted by atomic mass is 10.2. The maximum atomic E-state index is 13.3. The van der Waals surface area contributed by atoms with Gasteiger partial charge in [-0.05, 0) is 6.92 Å². The van der Waals surface area contributed by atoms with Crippen molar-refractivity contribution in [3.8, 4) is 5.75 Å². The third kappa shape index (κ3) is 2.67. The number of hydrogen-bond acceptors (Lipinski definition) is 5. The number of nitro groups is 1. The Bertz CT molecular complexity index is 573. The first-order valence-electron chi connectivity index (χ1n) is 5.89. The van der Waals surface area contributed by atoms with E-state index in [9.17, 15) is 19.3 Å². The number of ether oxygens (including phenoxy) is 2. The Labute approximate surface area is 118 Å². The summed E-state index contributed by atoms with van der Waals surface area (Å²) < 4.78 is 23.6. The van der Waals surface area contributed by atoms with E-state index in [2.05, 4.69) is 0 Å². The van der Waals surface area contributed by atoms with Crippen LogP contribution in [0.2, 0.25) is 5.02 Å². The van der Waals surface area contributed by atoms with Gasteiger partial charge >= 0.3 is 11.7 Å². The van der Waals surface area contributed by atoms with Crippen LogP contribution in [0, 0.1) is 15.9 Å². The highest BCUT2D eigenvalue weighted by molar-refractivity contribution is 6.32. The maximum Gasteiger partial charge on any atom is 0.350 e. The maximum absolute atomic E-state index is 13.3. The van der Waals surface area contributed by atoms with Crippen molar-refractivity contribution < 1.29 is 23.6 Å². The van der Waals surface area contributed by atoms with E-state index in [1.165, 1.54) is 0 Å². The molecule has 6 nitrogen and oxygen atoms in total. The molecule has 1 aliphatic rings. The van der Waals surface area contributed by atoms with E-state index in [0.717, 1.165) is 12.1 Å². The number of rotatable bonds is 5. The van der Waals surface area contributed by atoms with E-state index in [-0.39, 0.29) is 17.4 Å². The number of hydrogen-bond donors (Lipinski definition) is 0. The zero-order chi connectivity index (χ0) is 14.9. The summed E-state index contributed by atoms with van der Waals surface area (Å²) in [5, 5.41) is 10.5. The molecule has 0 radical (unpaired) electrons. The average Bonchev–Trinajstić information content (AvgIpc) is 3.13. The first-order valence-corrected chi connectivity index (χ1v) is 6.27. The normalized spacial score (nSPS) is 15.6. The second kappa shape index (κ2) is 5.24. The molecule has 20 heavy (non-hydrogen) atoms. The molecule has 0 unspecified atom stereocenters. The minimum atomic E-state index is -1.16. The van der Waals surface area contributed by atoms with Gasteiger partial charge in [-0.2, -0.15) is 4.39 Å². The fraction of sp³-hybridized carbons (Fsp3) is 0.417. The third-order valence-electron chi connectivity index (χ3n) is 2.85. The lowest BCUT2D eigenvalue weighted by molar-refractivity contribution is -0.387. The third-order valence-corrected chi connectivity index (χ3v) is 3.15. The molecule has 1 aliphatic carbocycles. The Hall–Kier alpha value is -1.89. The van der Waals surface area contributed by atoms with Gasteiger partial charge in [0.25, 0.3) is 0 Å². The van der Waals surface area contributed by atoms with Crippen LogP contribution in [0.15, 0.2) is 12.1 Å². The van der Waals surface area contributed by atoms with Gasteiger partial charge in [-0.15, -0.1) is 0 Å². The van der Waals surface area contributed by atoms with Gasteiger partial charge in [-0.1, -0.05) is 11.6 Å². The quantitative estimate of drug-likeness (QED) is 0.475. The zero-order valence-electron chi connectivity index (χ0n) is 10.5. The smallest absolute Gasteiger partial charge is 0.350 e. The van der Waals surface area contributed by atoms with E-state index in [4.69, 9.17) is 21.1 Å². The molecule has 1 aromatic rings. The van der Waals surface area contributed by atoms with Gasteiger partial charge in [0.2, 0.25) is 11.4 Å². The van der Waals surface area contributed by atoms with Gasteiger partial charge in [0, 0.05) is 18.9 Å². The van der Waals surface area contributed by atoms with Crippen LogP contribution in [-0.4, -0.2) is 23.1 Å². The van der Waals surface area contributed by atoms with E-state index in [0.29, 0.717) is 12.8 Å². The first kappa shape index (κ1) is 14.5. The minimum Gasteiger partial charge on any atom is -0.474 e. The van der Waals surface area contributed by atoms with Gasteiger partial charge in [0.1, 0.15) is 5.75 Å². The Kier molecular flexibility index (Phi) is 3.80. The van der Waals surface area contributed by atoms with Crippen LogP contribution < -0.4 is 4.74 Å². The van der Waals surface area contributed by atoms with Crippen molar-refractivity contribution in [3.63, 3.8) is 0 Å². The molecule has 8 heteroatoms. The highest BCUT2D eigenvalue weighted by Gasteiger charge is 2.55. The SMILES string of the molecule is CCOC(=O)C1(Oc2cc([N+](=O)[O-])c(F)cc2Cl)CC1. The van der Waals surface area contributed by atoms with E-state index in [1.54, 1.807) is 6.92 Å². The summed E-state index contributed by atoms with van der Waals surface area (Å²) in [5.41, 5.74) is -1.92. The molecular weight excluding hydrogens is 293 g/mol. The van der Waals surface area contributed by atoms with Crippen LogP contribution in [-0.2, 0) is 9.53 Å². The predicted octanol–water partition coefficient (Wildman–Crippen LogP) is 2.86. The van der Waals surface area contributed by atoms with Crippen LogP contribution in [0.1, 0.15) is 19.8 Å². The van der Waals surface area contributed by atoms with Crippen molar-refractivity contribution in [3.05, 3.63) is 33.1 Å². The van der Waals surface area contributed by atoms with Gasteiger partial charge in [-0.3, -0.25) is 10.1 Å². The van der Waals surface area contributed by atoms with Gasteiger partial charge in [-0.25, -0.2) is 4.79 Å². The predicted molar refractivity (Wildman–Crippen MR) is 67.3 cm³/mol. The van der Waals surface area contributed by atoms with Crippen molar-refractivity contribution in [2.45, 2.75) is 25.4 Å². The molecule has 0 bridgehead atoms. The molecule has 0 N–H and O–H groups in total. The van der Waals surface area contributed by atoms with Crippen LogP contribution in [0.4, 0.5) is 10.1 Å². The number of carbonyl (C=O) groups is 1. The zero-order valence-corrected chi connectivity index (χ0v) is 11.3. The molecule has 1 saturated carbocycles. The Balaban J connectivity index is 2.28. The van der Waals surface area contributed by atoms with E-state index >= 15 is 0 Å². The summed E-state index contributed by atoms with van der Waals surface area (Å²) >= 11 is 5.78. The van der Waals surface area contributed by atoms with Crippen LogP contribution in [0.25, 0.3) is 0 Å². The lowest BCUT2D eigenvalue weighted by Gasteiger charge is -2.17. The van der Waals surface area contributed by atoms with Crippen LogP contribution in [0.3, 0.4) is 0 Å². The van der Waals surface area contributed by atoms with Gasteiger partial charge < -0.3 is 9.47 Å². The molecule has 0 heterocycles. The van der Waals surface area contributed by atoms with Crippen molar-refractivity contribution in [1.29, 1.82) is 0 Å². The van der Waals surface area contributed by atoms with Gasteiger partial charge in [0.15, 0.2) is 0 Å². The standard InChI is InChI=1S/C12H11ClFNO5/c1-2-19-11(16)12(3-4-12)20-10-6-9(15(17)18)8(14)5-7(10)13/h5-6H,2-4H2,1H3. The average molecular weight is 304 g/mol. The molecule has 0 aliphatic heterocycles. The summed E-state index contributed by atoms with van der Waals surface area (Å²) in [6.07, 6.45) is 0.848. The molecule has 0 spiro atoms. The number of halogens is 2. The van der Waals surface area contributed by atoms with Gasteiger partial charge in [0.05, 0.1) is 22.6 Å². The topological polar surface area (TPSA) is 78.7 Å². The summed E-state index contributed by atoms with van der Waals surface area (Å²) in [4.78, 5) is 21.5. The molecule has 2 rings (SSSR count).